The maximum absolute atomic E-state index is 4.27. The summed E-state index contributed by atoms with van der Waals surface area (Å²) in [5, 5.41) is 0. The van der Waals surface area contributed by atoms with Crippen molar-refractivity contribution >= 4 is 6.08 Å². The zero-order chi connectivity index (χ0) is 8.39. The minimum Gasteiger partial charge on any atom is -0.241 e. The first kappa shape index (κ1) is 7.47. The summed E-state index contributed by atoms with van der Waals surface area (Å²) in [5.74, 6) is 0. The van der Waals surface area contributed by atoms with E-state index in [1.807, 2.05) is 0 Å². The van der Waals surface area contributed by atoms with Crippen molar-refractivity contribution in [3.8, 4) is 0 Å². The highest BCUT2D eigenvalue weighted by Gasteiger charge is 2.09. The zero-order valence-corrected chi connectivity index (χ0v) is 7.25. The lowest BCUT2D eigenvalue weighted by molar-refractivity contribution is 0.876. The summed E-state index contributed by atoms with van der Waals surface area (Å²) in [6.07, 6.45) is 9.21. The topological polar surface area (TPSA) is 25.8 Å². The van der Waals surface area contributed by atoms with Gasteiger partial charge in [-0.1, -0.05) is 19.1 Å². The van der Waals surface area contributed by atoms with Crippen LogP contribution < -0.4 is 0 Å². The highest BCUT2D eigenvalue weighted by Crippen LogP contribution is 2.19. The first-order valence-corrected chi connectivity index (χ1v) is 4.41. The fourth-order valence-electron chi connectivity index (χ4n) is 1.57. The Labute approximate surface area is 72.4 Å². The van der Waals surface area contributed by atoms with Crippen molar-refractivity contribution in [1.82, 2.24) is 9.97 Å². The number of rotatable bonds is 1. The number of aromatic nitrogens is 2. The predicted octanol–water partition coefficient (Wildman–Crippen LogP) is 2.00. The molecule has 62 valence electrons. The van der Waals surface area contributed by atoms with Gasteiger partial charge in [-0.05, 0) is 19.3 Å². The Bertz CT molecular complexity index is 316. The molecule has 0 saturated carbocycles. The normalized spacial score (nSPS) is 14.4. The monoisotopic (exact) mass is 160 g/mol. The summed E-state index contributed by atoms with van der Waals surface area (Å²) in [5.41, 5.74) is 3.64. The van der Waals surface area contributed by atoms with E-state index in [2.05, 4.69) is 29.0 Å². The number of allylic oxidation sites excluding steroid dienone is 1. The summed E-state index contributed by atoms with van der Waals surface area (Å²) in [6.45, 7) is 2.13. The molecule has 0 bridgehead atoms. The lowest BCUT2D eigenvalue weighted by Gasteiger charge is -2.11. The molecule has 0 spiro atoms. The van der Waals surface area contributed by atoms with Crippen molar-refractivity contribution in [3.63, 3.8) is 0 Å². The lowest BCUT2D eigenvalue weighted by atomic mass is 10.0. The van der Waals surface area contributed by atoms with Crippen LogP contribution in [0, 0.1) is 0 Å². The van der Waals surface area contributed by atoms with E-state index in [0.29, 0.717) is 0 Å². The Balaban J connectivity index is 2.54. The molecule has 1 aromatic rings. The summed E-state index contributed by atoms with van der Waals surface area (Å²) < 4.78 is 0. The fraction of sp³-hybridized carbons (Fsp3) is 0.400. The van der Waals surface area contributed by atoms with Crippen LogP contribution in [0.1, 0.15) is 30.3 Å². The molecule has 0 saturated heterocycles. The standard InChI is InChI=1S/C10H12N2/c1-2-9-8-5-3-4-6-10(8)12-7-11-9/h3,5,7H,2,4,6H2,1H3. The SMILES string of the molecule is CCc1ncnc2c1C=CCC2. The van der Waals surface area contributed by atoms with Gasteiger partial charge in [-0.3, -0.25) is 0 Å². The van der Waals surface area contributed by atoms with Crippen LogP contribution in [-0.4, -0.2) is 9.97 Å². The van der Waals surface area contributed by atoms with Gasteiger partial charge in [0.25, 0.3) is 0 Å². The van der Waals surface area contributed by atoms with Crippen LogP contribution in [0.25, 0.3) is 6.08 Å². The van der Waals surface area contributed by atoms with E-state index in [4.69, 9.17) is 0 Å². The molecular weight excluding hydrogens is 148 g/mol. The van der Waals surface area contributed by atoms with Crippen LogP contribution >= 0.6 is 0 Å². The molecule has 0 aliphatic heterocycles. The van der Waals surface area contributed by atoms with E-state index < -0.39 is 0 Å². The van der Waals surface area contributed by atoms with Crippen molar-refractivity contribution in [2.24, 2.45) is 0 Å². The van der Waals surface area contributed by atoms with E-state index in [1.54, 1.807) is 6.33 Å². The Kier molecular flexibility index (Phi) is 1.90. The van der Waals surface area contributed by atoms with Crippen molar-refractivity contribution in [2.45, 2.75) is 26.2 Å². The van der Waals surface area contributed by atoms with Crippen LogP contribution in [-0.2, 0) is 12.8 Å². The van der Waals surface area contributed by atoms with Crippen molar-refractivity contribution < 1.29 is 0 Å². The Morgan fingerprint density at radius 1 is 1.42 bits per heavy atom. The average Bonchev–Trinajstić information content (AvgIpc) is 2.17. The van der Waals surface area contributed by atoms with Crippen molar-refractivity contribution in [1.29, 1.82) is 0 Å². The number of hydrogen-bond acceptors (Lipinski definition) is 2. The van der Waals surface area contributed by atoms with Crippen LogP contribution in [0.15, 0.2) is 12.4 Å². The molecule has 0 aromatic carbocycles. The van der Waals surface area contributed by atoms with Gasteiger partial charge in [0.15, 0.2) is 0 Å². The average molecular weight is 160 g/mol. The van der Waals surface area contributed by atoms with Crippen LogP contribution in [0.2, 0.25) is 0 Å². The molecule has 2 heteroatoms. The largest absolute Gasteiger partial charge is 0.241 e. The van der Waals surface area contributed by atoms with Gasteiger partial charge in [0.05, 0.1) is 11.4 Å². The minimum atomic E-state index is 0.995. The predicted molar refractivity (Wildman–Crippen MR) is 48.8 cm³/mol. The van der Waals surface area contributed by atoms with Crippen LogP contribution in [0.3, 0.4) is 0 Å². The molecule has 2 nitrogen and oxygen atoms in total. The smallest absolute Gasteiger partial charge is 0.115 e. The highest BCUT2D eigenvalue weighted by molar-refractivity contribution is 5.56. The maximum atomic E-state index is 4.27. The number of fused-ring (bicyclic) bond motifs is 1. The van der Waals surface area contributed by atoms with Gasteiger partial charge in [0.2, 0.25) is 0 Å². The second-order valence-corrected chi connectivity index (χ2v) is 2.98. The maximum Gasteiger partial charge on any atom is 0.115 e. The second kappa shape index (κ2) is 3.05. The van der Waals surface area contributed by atoms with Crippen molar-refractivity contribution in [2.75, 3.05) is 0 Å². The van der Waals surface area contributed by atoms with Gasteiger partial charge in [-0.25, -0.2) is 9.97 Å². The van der Waals surface area contributed by atoms with Gasteiger partial charge in [-0.15, -0.1) is 0 Å². The van der Waals surface area contributed by atoms with E-state index in [-0.39, 0.29) is 0 Å². The third kappa shape index (κ3) is 1.13. The van der Waals surface area contributed by atoms with E-state index in [9.17, 15) is 0 Å². The van der Waals surface area contributed by atoms with Gasteiger partial charge in [0, 0.05) is 5.56 Å². The summed E-state index contributed by atoms with van der Waals surface area (Å²) in [6, 6.07) is 0. The Hall–Kier alpha value is -1.18. The third-order valence-electron chi connectivity index (χ3n) is 2.22. The Morgan fingerprint density at radius 3 is 3.17 bits per heavy atom. The minimum absolute atomic E-state index is 0.995. The molecule has 1 heterocycles. The summed E-state index contributed by atoms with van der Waals surface area (Å²) in [4.78, 5) is 8.51. The van der Waals surface area contributed by atoms with Gasteiger partial charge >= 0.3 is 0 Å². The molecule has 1 aliphatic carbocycles. The lowest BCUT2D eigenvalue weighted by Crippen LogP contribution is -2.03. The molecule has 0 unspecified atom stereocenters. The number of aryl methyl sites for hydroxylation is 2. The first-order chi connectivity index (χ1) is 5.92. The molecule has 1 aromatic heterocycles. The molecule has 1 aliphatic rings. The molecule has 0 radical (unpaired) electrons. The van der Waals surface area contributed by atoms with Gasteiger partial charge < -0.3 is 0 Å². The summed E-state index contributed by atoms with van der Waals surface area (Å²) in [7, 11) is 0. The van der Waals surface area contributed by atoms with Crippen LogP contribution in [0.5, 0.6) is 0 Å². The fourth-order valence-corrected chi connectivity index (χ4v) is 1.57. The molecule has 0 amide bonds. The Morgan fingerprint density at radius 2 is 2.33 bits per heavy atom. The molecule has 12 heavy (non-hydrogen) atoms. The number of nitrogens with zero attached hydrogens (tertiary/aromatic N) is 2. The molecule has 0 N–H and O–H groups in total. The quantitative estimate of drug-likeness (QED) is 0.628. The summed E-state index contributed by atoms with van der Waals surface area (Å²) >= 11 is 0. The zero-order valence-electron chi connectivity index (χ0n) is 7.25. The third-order valence-corrected chi connectivity index (χ3v) is 2.22. The number of hydrogen-bond donors (Lipinski definition) is 0. The van der Waals surface area contributed by atoms with Gasteiger partial charge in [-0.2, -0.15) is 0 Å². The highest BCUT2D eigenvalue weighted by atomic mass is 14.8. The van der Waals surface area contributed by atoms with E-state index in [0.717, 1.165) is 19.3 Å². The molecule has 2 rings (SSSR count). The first-order valence-electron chi connectivity index (χ1n) is 4.41. The second-order valence-electron chi connectivity index (χ2n) is 2.98. The molecule has 0 atom stereocenters. The van der Waals surface area contributed by atoms with Gasteiger partial charge in [0.1, 0.15) is 6.33 Å². The molecular formula is C10H12N2. The van der Waals surface area contributed by atoms with E-state index in [1.165, 1.54) is 17.0 Å². The van der Waals surface area contributed by atoms with Crippen LogP contribution in [0.4, 0.5) is 0 Å². The molecule has 0 fully saturated rings. The van der Waals surface area contributed by atoms with E-state index >= 15 is 0 Å². The van der Waals surface area contributed by atoms with Crippen molar-refractivity contribution in [3.05, 3.63) is 29.4 Å².